The van der Waals surface area contributed by atoms with Crippen LogP contribution in [0.5, 0.6) is 17.2 Å². The molecule has 5 aromatic rings. The molecular weight excluding hydrogens is 442 g/mol. The van der Waals surface area contributed by atoms with E-state index in [0.29, 0.717) is 10.8 Å². The summed E-state index contributed by atoms with van der Waals surface area (Å²) >= 11 is 0. The zero-order valence-corrected chi connectivity index (χ0v) is 17.2. The first-order valence-corrected chi connectivity index (χ1v) is 10.2. The lowest BCUT2D eigenvalue weighted by atomic mass is 9.82. The second-order valence-electron chi connectivity index (χ2n) is 7.79. The molecule has 34 heavy (non-hydrogen) atoms. The number of phenolic OH excluding ortho intramolecular Hbond substituents is 1. The highest BCUT2D eigenvalue weighted by Gasteiger charge is 2.39. The summed E-state index contributed by atoms with van der Waals surface area (Å²) in [6, 6.07) is 16.9. The van der Waals surface area contributed by atoms with Crippen molar-refractivity contribution in [3.05, 3.63) is 114 Å². The molecule has 0 aliphatic carbocycles. The lowest BCUT2D eigenvalue weighted by Gasteiger charge is -2.28. The minimum atomic E-state index is -1.24. The van der Waals surface area contributed by atoms with Crippen molar-refractivity contribution >= 4 is 27.6 Å². The van der Waals surface area contributed by atoms with Crippen LogP contribution in [0.2, 0.25) is 0 Å². The van der Waals surface area contributed by atoms with Crippen LogP contribution in [0.25, 0.3) is 21.9 Å². The van der Waals surface area contributed by atoms with Crippen molar-refractivity contribution in [2.24, 2.45) is 0 Å². The summed E-state index contributed by atoms with van der Waals surface area (Å²) in [5.74, 6) is -1.29. The second kappa shape index (κ2) is 7.04. The number of hydrogen-bond acceptors (Lipinski definition) is 8. The molecule has 9 heteroatoms. The van der Waals surface area contributed by atoms with Crippen LogP contribution in [0.15, 0.2) is 85.2 Å². The number of hydrogen-bond donors (Lipinski definition) is 1. The van der Waals surface area contributed by atoms with Gasteiger partial charge in [0.2, 0.25) is 0 Å². The highest BCUT2D eigenvalue weighted by atomic mass is 16.6. The van der Waals surface area contributed by atoms with Gasteiger partial charge in [-0.15, -0.1) is 0 Å². The van der Waals surface area contributed by atoms with Crippen molar-refractivity contribution < 1.29 is 23.6 Å². The molecule has 0 unspecified atom stereocenters. The number of nitrogens with zero attached hydrogens (tertiary/aromatic N) is 1. The van der Waals surface area contributed by atoms with E-state index >= 15 is 0 Å². The quantitative estimate of drug-likeness (QED) is 0.224. The van der Waals surface area contributed by atoms with Crippen LogP contribution in [0, 0.1) is 10.1 Å². The molecule has 9 nitrogen and oxygen atoms in total. The summed E-state index contributed by atoms with van der Waals surface area (Å²) in [6.07, 6.45) is 0. The lowest BCUT2D eigenvalue weighted by molar-refractivity contribution is -0.384. The highest BCUT2D eigenvalue weighted by Crippen LogP contribution is 2.51. The zero-order chi connectivity index (χ0) is 23.6. The number of non-ortho nitro benzene ring substituents is 1. The van der Waals surface area contributed by atoms with Gasteiger partial charge in [0, 0.05) is 17.7 Å². The average Bonchev–Trinajstić information content (AvgIpc) is 2.83. The molecule has 1 aliphatic heterocycles. The topological polar surface area (TPSA) is 133 Å². The SMILES string of the molecule is O=c1oc2ccccc2c2c1C(c1cc([N+](=O)[O-])ccc1O)c1c(c3ccccc3oc1=O)O2. The van der Waals surface area contributed by atoms with E-state index < -0.39 is 22.1 Å². The van der Waals surface area contributed by atoms with Crippen molar-refractivity contribution in [3.63, 3.8) is 0 Å². The van der Waals surface area contributed by atoms with Crippen molar-refractivity contribution in [1.29, 1.82) is 0 Å². The van der Waals surface area contributed by atoms with E-state index in [1.165, 1.54) is 0 Å². The Morgan fingerprint density at radius 1 is 0.794 bits per heavy atom. The van der Waals surface area contributed by atoms with E-state index in [0.717, 1.165) is 18.2 Å². The molecule has 0 saturated heterocycles. The Kier molecular flexibility index (Phi) is 4.09. The fraction of sp³-hybridized carbons (Fsp3) is 0.0400. The maximum Gasteiger partial charge on any atom is 0.344 e. The van der Waals surface area contributed by atoms with Crippen LogP contribution in [0.3, 0.4) is 0 Å². The van der Waals surface area contributed by atoms with Gasteiger partial charge in [0.15, 0.2) is 0 Å². The summed E-state index contributed by atoms with van der Waals surface area (Å²) in [5.41, 5.74) is -1.55. The average molecular weight is 455 g/mol. The minimum absolute atomic E-state index is 0.0230. The molecule has 2 aromatic heterocycles. The smallest absolute Gasteiger partial charge is 0.344 e. The molecule has 1 aliphatic rings. The van der Waals surface area contributed by atoms with Gasteiger partial charge in [0.05, 0.1) is 32.7 Å². The molecular formula is C25H13NO8. The second-order valence-corrected chi connectivity index (χ2v) is 7.79. The minimum Gasteiger partial charge on any atom is -0.508 e. The van der Waals surface area contributed by atoms with Crippen LogP contribution in [-0.2, 0) is 0 Å². The third-order valence-corrected chi connectivity index (χ3v) is 5.91. The Hall–Kier alpha value is -4.92. The monoisotopic (exact) mass is 455 g/mol. The molecule has 0 spiro atoms. The van der Waals surface area contributed by atoms with Crippen molar-refractivity contribution in [3.8, 4) is 17.2 Å². The predicted octanol–water partition coefficient (Wildman–Crippen LogP) is 4.80. The summed E-state index contributed by atoms with van der Waals surface area (Å²) in [4.78, 5) is 37.2. The summed E-state index contributed by atoms with van der Waals surface area (Å²) in [6.45, 7) is 0. The normalized spacial score (nSPS) is 12.8. The van der Waals surface area contributed by atoms with Gasteiger partial charge in [-0.05, 0) is 30.3 Å². The number of rotatable bonds is 2. The van der Waals surface area contributed by atoms with E-state index in [1.807, 2.05) is 0 Å². The lowest BCUT2D eigenvalue weighted by Crippen LogP contribution is -2.26. The number of fused-ring (bicyclic) bond motifs is 6. The Morgan fingerprint density at radius 3 is 1.85 bits per heavy atom. The van der Waals surface area contributed by atoms with Crippen molar-refractivity contribution in [2.45, 2.75) is 5.92 Å². The van der Waals surface area contributed by atoms with Gasteiger partial charge in [0.25, 0.3) is 5.69 Å². The number of para-hydroxylation sites is 2. The molecule has 6 rings (SSSR count). The molecule has 1 N–H and O–H groups in total. The Morgan fingerprint density at radius 2 is 1.32 bits per heavy atom. The maximum atomic E-state index is 13.2. The van der Waals surface area contributed by atoms with Gasteiger partial charge in [0.1, 0.15) is 28.4 Å². The van der Waals surface area contributed by atoms with Gasteiger partial charge in [-0.1, -0.05) is 24.3 Å². The highest BCUT2D eigenvalue weighted by molar-refractivity contribution is 5.91. The molecule has 0 radical (unpaired) electrons. The Balaban J connectivity index is 1.80. The molecule has 0 saturated carbocycles. The number of aromatic hydroxyl groups is 1. The summed E-state index contributed by atoms with van der Waals surface area (Å²) in [5, 5.41) is 23.1. The van der Waals surface area contributed by atoms with Gasteiger partial charge in [-0.3, -0.25) is 10.1 Å². The zero-order valence-electron chi connectivity index (χ0n) is 17.2. The Labute approximate surface area is 189 Å². The van der Waals surface area contributed by atoms with E-state index in [9.17, 15) is 24.8 Å². The molecule has 0 fully saturated rings. The molecule has 0 amide bonds. The first-order chi connectivity index (χ1) is 16.4. The van der Waals surface area contributed by atoms with E-state index in [4.69, 9.17) is 13.6 Å². The predicted molar refractivity (Wildman–Crippen MR) is 121 cm³/mol. The molecule has 166 valence electrons. The van der Waals surface area contributed by atoms with Gasteiger partial charge < -0.3 is 18.7 Å². The maximum absolute atomic E-state index is 13.2. The number of phenols is 1. The molecule has 3 aromatic carbocycles. The largest absolute Gasteiger partial charge is 0.508 e. The first kappa shape index (κ1) is 19.7. The van der Waals surface area contributed by atoms with Crippen LogP contribution in [-0.4, -0.2) is 10.0 Å². The van der Waals surface area contributed by atoms with Crippen LogP contribution in [0.4, 0.5) is 5.69 Å². The number of ether oxygens (including phenoxy) is 1. The molecule has 0 bridgehead atoms. The summed E-state index contributed by atoms with van der Waals surface area (Å²) in [7, 11) is 0. The third kappa shape index (κ3) is 2.73. The fourth-order valence-electron chi connectivity index (χ4n) is 4.43. The van der Waals surface area contributed by atoms with Crippen LogP contribution in [0.1, 0.15) is 22.6 Å². The first-order valence-electron chi connectivity index (χ1n) is 10.2. The van der Waals surface area contributed by atoms with Crippen molar-refractivity contribution in [2.75, 3.05) is 0 Å². The summed E-state index contributed by atoms with van der Waals surface area (Å²) < 4.78 is 17.2. The third-order valence-electron chi connectivity index (χ3n) is 5.91. The fourth-order valence-corrected chi connectivity index (χ4v) is 4.43. The number of nitro groups is 1. The number of benzene rings is 3. The van der Waals surface area contributed by atoms with E-state index in [2.05, 4.69) is 0 Å². The Bertz CT molecular complexity index is 1680. The van der Waals surface area contributed by atoms with Crippen LogP contribution >= 0.6 is 0 Å². The molecule has 0 atom stereocenters. The standard InChI is InChI=1S/C25H13NO8/c27-16-10-9-12(26(30)31)11-15(16)19-20-22(13-5-1-3-7-17(13)32-24(20)28)34-23-14-6-2-4-8-18(14)33-25(29)21(19)23/h1-11,19,27H. The van der Waals surface area contributed by atoms with E-state index in [-0.39, 0.29) is 50.8 Å². The van der Waals surface area contributed by atoms with Gasteiger partial charge in [-0.2, -0.15) is 0 Å². The van der Waals surface area contributed by atoms with E-state index in [1.54, 1.807) is 48.5 Å². The van der Waals surface area contributed by atoms with Gasteiger partial charge in [-0.25, -0.2) is 9.59 Å². The van der Waals surface area contributed by atoms with Gasteiger partial charge >= 0.3 is 11.3 Å². The number of nitro benzene ring substituents is 1. The van der Waals surface area contributed by atoms with Crippen molar-refractivity contribution in [1.82, 2.24) is 0 Å². The molecule has 3 heterocycles. The van der Waals surface area contributed by atoms with Crippen LogP contribution < -0.4 is 16.0 Å².